The lowest BCUT2D eigenvalue weighted by Crippen LogP contribution is -2.32. The normalized spacial score (nSPS) is 10.7. The Balaban J connectivity index is 1.57. The monoisotopic (exact) mass is 431 g/mol. The number of aromatic nitrogens is 3. The Labute approximate surface area is 186 Å². The van der Waals surface area contributed by atoms with Crippen LogP contribution in [0.15, 0.2) is 67.1 Å². The van der Waals surface area contributed by atoms with E-state index in [0.717, 1.165) is 39.6 Å². The van der Waals surface area contributed by atoms with Crippen LogP contribution in [0.25, 0.3) is 11.0 Å². The summed E-state index contributed by atoms with van der Waals surface area (Å²) in [7, 11) is 1.64. The van der Waals surface area contributed by atoms with Gasteiger partial charge in [0.05, 0.1) is 12.5 Å². The molecule has 164 valence electrons. The minimum absolute atomic E-state index is 0.0685. The summed E-state index contributed by atoms with van der Waals surface area (Å²) in [4.78, 5) is 25.4. The molecule has 2 aromatic carbocycles. The lowest BCUT2D eigenvalue weighted by Gasteiger charge is -2.25. The predicted octanol–water partition coefficient (Wildman–Crippen LogP) is 3.82. The standard InChI is InChI=1S/C24H25N5O3/c1-17(30)25-12-13-29(24-22-10-11-26-23(22)27-16-28-24)19-5-3-4-18(14-19)15-32-21-8-6-20(31-2)7-9-21/h3-11,14,16H,12-13,15H2,1-2H3,(H,25,30)(H,26,27,28). The van der Waals surface area contributed by atoms with E-state index in [2.05, 4.69) is 31.2 Å². The third-order valence-electron chi connectivity index (χ3n) is 4.99. The van der Waals surface area contributed by atoms with Gasteiger partial charge in [0.15, 0.2) is 0 Å². The first-order chi connectivity index (χ1) is 15.6. The largest absolute Gasteiger partial charge is 0.497 e. The number of methoxy groups -OCH3 is 1. The Hall–Kier alpha value is -4.07. The van der Waals surface area contributed by atoms with Crippen LogP contribution in [0.2, 0.25) is 0 Å². The van der Waals surface area contributed by atoms with Crippen molar-refractivity contribution in [2.75, 3.05) is 25.1 Å². The van der Waals surface area contributed by atoms with Crippen molar-refractivity contribution < 1.29 is 14.3 Å². The molecule has 0 aliphatic heterocycles. The Bertz CT molecular complexity index is 1190. The van der Waals surface area contributed by atoms with Crippen LogP contribution < -0.4 is 19.7 Å². The highest BCUT2D eigenvalue weighted by molar-refractivity contribution is 5.89. The summed E-state index contributed by atoms with van der Waals surface area (Å²) in [6.07, 6.45) is 3.38. The van der Waals surface area contributed by atoms with Crippen LogP contribution in [0.3, 0.4) is 0 Å². The van der Waals surface area contributed by atoms with Crippen molar-refractivity contribution in [1.29, 1.82) is 0 Å². The Morgan fingerprint density at radius 3 is 2.69 bits per heavy atom. The Kier molecular flexibility index (Phi) is 6.50. The average molecular weight is 431 g/mol. The van der Waals surface area contributed by atoms with Gasteiger partial charge in [-0.2, -0.15) is 0 Å². The zero-order valence-electron chi connectivity index (χ0n) is 18.0. The highest BCUT2D eigenvalue weighted by atomic mass is 16.5. The van der Waals surface area contributed by atoms with E-state index in [1.807, 2.05) is 54.7 Å². The van der Waals surface area contributed by atoms with Gasteiger partial charge in [-0.1, -0.05) is 12.1 Å². The minimum atomic E-state index is -0.0685. The Morgan fingerprint density at radius 2 is 1.91 bits per heavy atom. The van der Waals surface area contributed by atoms with E-state index >= 15 is 0 Å². The molecule has 32 heavy (non-hydrogen) atoms. The quantitative estimate of drug-likeness (QED) is 0.419. The van der Waals surface area contributed by atoms with E-state index in [1.165, 1.54) is 13.3 Å². The van der Waals surface area contributed by atoms with Crippen LogP contribution in [0.5, 0.6) is 11.5 Å². The summed E-state index contributed by atoms with van der Waals surface area (Å²) in [6.45, 7) is 2.97. The van der Waals surface area contributed by atoms with Crippen molar-refractivity contribution in [3.8, 4) is 11.5 Å². The smallest absolute Gasteiger partial charge is 0.216 e. The Morgan fingerprint density at radius 1 is 1.09 bits per heavy atom. The zero-order valence-corrected chi connectivity index (χ0v) is 18.0. The van der Waals surface area contributed by atoms with Gasteiger partial charge in [-0.15, -0.1) is 0 Å². The fourth-order valence-corrected chi connectivity index (χ4v) is 3.43. The van der Waals surface area contributed by atoms with Crippen molar-refractivity contribution in [2.24, 2.45) is 0 Å². The first kappa shape index (κ1) is 21.2. The van der Waals surface area contributed by atoms with E-state index in [4.69, 9.17) is 9.47 Å². The number of H-pyrrole nitrogens is 1. The predicted molar refractivity (Wildman–Crippen MR) is 123 cm³/mol. The van der Waals surface area contributed by atoms with E-state index in [0.29, 0.717) is 19.7 Å². The molecule has 0 aliphatic carbocycles. The first-order valence-corrected chi connectivity index (χ1v) is 10.3. The number of amides is 1. The number of rotatable bonds is 9. The topological polar surface area (TPSA) is 92.4 Å². The fraction of sp³-hybridized carbons (Fsp3) is 0.208. The second-order valence-electron chi connectivity index (χ2n) is 7.21. The summed E-state index contributed by atoms with van der Waals surface area (Å²) in [6, 6.07) is 17.5. The molecule has 8 nitrogen and oxygen atoms in total. The zero-order chi connectivity index (χ0) is 22.3. The molecule has 1 amide bonds. The molecule has 2 heterocycles. The number of ether oxygens (including phenoxy) is 2. The molecule has 0 saturated carbocycles. The summed E-state index contributed by atoms with van der Waals surface area (Å²) >= 11 is 0. The molecule has 4 aromatic rings. The van der Waals surface area contributed by atoms with Crippen molar-refractivity contribution >= 4 is 28.4 Å². The van der Waals surface area contributed by atoms with Crippen molar-refractivity contribution in [1.82, 2.24) is 20.3 Å². The lowest BCUT2D eigenvalue weighted by atomic mass is 10.2. The maximum atomic E-state index is 11.4. The minimum Gasteiger partial charge on any atom is -0.497 e. The van der Waals surface area contributed by atoms with E-state index in [1.54, 1.807) is 7.11 Å². The number of carbonyl (C=O) groups excluding carboxylic acids is 1. The molecule has 2 aromatic heterocycles. The molecule has 0 atom stereocenters. The van der Waals surface area contributed by atoms with Crippen LogP contribution in [0.4, 0.5) is 11.5 Å². The molecule has 0 aliphatic rings. The van der Waals surface area contributed by atoms with E-state index in [-0.39, 0.29) is 5.91 Å². The number of carbonyl (C=O) groups is 1. The summed E-state index contributed by atoms with van der Waals surface area (Å²) in [5.41, 5.74) is 2.73. The lowest BCUT2D eigenvalue weighted by molar-refractivity contribution is -0.118. The molecule has 0 fully saturated rings. The van der Waals surface area contributed by atoms with Crippen LogP contribution >= 0.6 is 0 Å². The number of hydrogen-bond acceptors (Lipinski definition) is 6. The van der Waals surface area contributed by atoms with Crippen molar-refractivity contribution in [3.05, 3.63) is 72.7 Å². The van der Waals surface area contributed by atoms with Gasteiger partial charge in [0.2, 0.25) is 5.91 Å². The highest BCUT2D eigenvalue weighted by Gasteiger charge is 2.16. The molecule has 4 rings (SSSR count). The second-order valence-corrected chi connectivity index (χ2v) is 7.21. The molecule has 0 bridgehead atoms. The van der Waals surface area contributed by atoms with E-state index < -0.39 is 0 Å². The number of fused-ring (bicyclic) bond motifs is 1. The summed E-state index contributed by atoms with van der Waals surface area (Å²) in [5, 5.41) is 3.77. The number of aromatic amines is 1. The second kappa shape index (κ2) is 9.82. The van der Waals surface area contributed by atoms with Gasteiger partial charge in [-0.25, -0.2) is 9.97 Å². The average Bonchev–Trinajstić information content (AvgIpc) is 3.30. The summed E-state index contributed by atoms with van der Waals surface area (Å²) in [5.74, 6) is 2.26. The summed E-state index contributed by atoms with van der Waals surface area (Å²) < 4.78 is 11.1. The fourth-order valence-electron chi connectivity index (χ4n) is 3.43. The molecule has 8 heteroatoms. The number of anilines is 2. The van der Waals surface area contributed by atoms with Gasteiger partial charge in [-0.3, -0.25) is 4.79 Å². The van der Waals surface area contributed by atoms with Gasteiger partial charge in [0.25, 0.3) is 0 Å². The van der Waals surface area contributed by atoms with Crippen LogP contribution in [0, 0.1) is 0 Å². The number of hydrogen-bond donors (Lipinski definition) is 2. The number of nitrogens with zero attached hydrogens (tertiary/aromatic N) is 3. The maximum Gasteiger partial charge on any atom is 0.216 e. The SMILES string of the molecule is COc1ccc(OCc2cccc(N(CCNC(C)=O)c3ncnc4[nH]ccc34)c2)cc1. The first-order valence-electron chi connectivity index (χ1n) is 10.3. The van der Waals surface area contributed by atoms with Gasteiger partial charge in [0.1, 0.15) is 35.9 Å². The van der Waals surface area contributed by atoms with Crippen LogP contribution in [-0.4, -0.2) is 41.1 Å². The number of nitrogens with one attached hydrogen (secondary N) is 2. The van der Waals surface area contributed by atoms with Crippen LogP contribution in [-0.2, 0) is 11.4 Å². The molecule has 0 spiro atoms. The molecular formula is C24H25N5O3. The molecular weight excluding hydrogens is 406 g/mol. The highest BCUT2D eigenvalue weighted by Crippen LogP contribution is 2.29. The third-order valence-corrected chi connectivity index (χ3v) is 4.99. The molecule has 0 unspecified atom stereocenters. The molecule has 0 radical (unpaired) electrons. The van der Waals surface area contributed by atoms with Gasteiger partial charge in [-0.05, 0) is 48.0 Å². The third kappa shape index (κ3) is 4.97. The van der Waals surface area contributed by atoms with Gasteiger partial charge in [0, 0.05) is 31.9 Å². The molecule has 2 N–H and O–H groups in total. The van der Waals surface area contributed by atoms with Crippen molar-refractivity contribution in [2.45, 2.75) is 13.5 Å². The van der Waals surface area contributed by atoms with Gasteiger partial charge < -0.3 is 24.7 Å². The molecule has 0 saturated heterocycles. The maximum absolute atomic E-state index is 11.4. The number of benzene rings is 2. The van der Waals surface area contributed by atoms with Gasteiger partial charge >= 0.3 is 0 Å². The van der Waals surface area contributed by atoms with Crippen LogP contribution in [0.1, 0.15) is 12.5 Å². The van der Waals surface area contributed by atoms with E-state index in [9.17, 15) is 4.79 Å². The van der Waals surface area contributed by atoms with Crippen molar-refractivity contribution in [3.63, 3.8) is 0 Å².